The van der Waals surface area contributed by atoms with Crippen molar-refractivity contribution in [3.63, 3.8) is 0 Å². The summed E-state index contributed by atoms with van der Waals surface area (Å²) in [4.78, 5) is 14.5. The Morgan fingerprint density at radius 3 is 2.68 bits per heavy atom. The Morgan fingerprint density at radius 1 is 1.18 bits per heavy atom. The van der Waals surface area contributed by atoms with Gasteiger partial charge in [0.25, 0.3) is 0 Å². The molecular formula is C22H31N5O. The quantitative estimate of drug-likeness (QED) is 0.807. The van der Waals surface area contributed by atoms with E-state index >= 15 is 0 Å². The average molecular weight is 382 g/mol. The highest BCUT2D eigenvalue weighted by atomic mass is 16.1. The summed E-state index contributed by atoms with van der Waals surface area (Å²) in [5.74, 6) is 0.143. The van der Waals surface area contributed by atoms with Crippen molar-refractivity contribution < 1.29 is 4.79 Å². The number of aromatic nitrogens is 2. The SMILES string of the molecule is CCn1cc([C@@H]2NC(=O)CC[C@H]2NC2CCN(Cc3ccccc3)CC2)cn1. The van der Waals surface area contributed by atoms with E-state index in [0.717, 1.165) is 51.0 Å². The number of nitrogens with one attached hydrogen (secondary N) is 2. The zero-order valence-corrected chi connectivity index (χ0v) is 16.7. The summed E-state index contributed by atoms with van der Waals surface area (Å²) >= 11 is 0. The van der Waals surface area contributed by atoms with Gasteiger partial charge in [0, 0.05) is 43.4 Å². The zero-order valence-electron chi connectivity index (χ0n) is 16.7. The molecule has 6 nitrogen and oxygen atoms in total. The van der Waals surface area contributed by atoms with Crippen molar-refractivity contribution >= 4 is 5.91 Å². The van der Waals surface area contributed by atoms with Crippen LogP contribution in [0.5, 0.6) is 0 Å². The lowest BCUT2D eigenvalue weighted by molar-refractivity contribution is -0.124. The fourth-order valence-electron chi connectivity index (χ4n) is 4.41. The van der Waals surface area contributed by atoms with Gasteiger partial charge in [-0.1, -0.05) is 30.3 Å². The van der Waals surface area contributed by atoms with E-state index in [0.29, 0.717) is 12.5 Å². The highest BCUT2D eigenvalue weighted by Gasteiger charge is 2.33. The number of likely N-dealkylation sites (tertiary alicyclic amines) is 1. The lowest BCUT2D eigenvalue weighted by atomic mass is 9.91. The number of benzene rings is 1. The van der Waals surface area contributed by atoms with Gasteiger partial charge in [0.15, 0.2) is 0 Å². The van der Waals surface area contributed by atoms with Gasteiger partial charge in [-0.05, 0) is 44.8 Å². The van der Waals surface area contributed by atoms with Crippen LogP contribution < -0.4 is 10.6 Å². The first-order valence-electron chi connectivity index (χ1n) is 10.6. The summed E-state index contributed by atoms with van der Waals surface area (Å²) < 4.78 is 1.93. The third kappa shape index (κ3) is 4.62. The van der Waals surface area contributed by atoms with E-state index in [1.165, 1.54) is 5.56 Å². The molecule has 1 aromatic carbocycles. The molecule has 6 heteroatoms. The van der Waals surface area contributed by atoms with E-state index in [1.807, 2.05) is 10.9 Å². The highest BCUT2D eigenvalue weighted by molar-refractivity contribution is 5.77. The minimum atomic E-state index is 0.0175. The third-order valence-corrected chi connectivity index (χ3v) is 6.02. The van der Waals surface area contributed by atoms with E-state index in [2.05, 4.69) is 64.1 Å². The first kappa shape index (κ1) is 19.2. The highest BCUT2D eigenvalue weighted by Crippen LogP contribution is 2.26. The largest absolute Gasteiger partial charge is 0.348 e. The van der Waals surface area contributed by atoms with Crippen molar-refractivity contribution in [2.75, 3.05) is 13.1 Å². The van der Waals surface area contributed by atoms with Gasteiger partial charge >= 0.3 is 0 Å². The average Bonchev–Trinajstić information content (AvgIpc) is 3.21. The van der Waals surface area contributed by atoms with Crippen molar-refractivity contribution in [3.05, 3.63) is 53.9 Å². The smallest absolute Gasteiger partial charge is 0.220 e. The van der Waals surface area contributed by atoms with Crippen molar-refractivity contribution in [2.45, 2.75) is 63.8 Å². The topological polar surface area (TPSA) is 62.2 Å². The molecule has 150 valence electrons. The summed E-state index contributed by atoms with van der Waals surface area (Å²) in [6.07, 6.45) is 7.75. The van der Waals surface area contributed by atoms with E-state index in [1.54, 1.807) is 0 Å². The number of nitrogens with zero attached hydrogens (tertiary/aromatic N) is 3. The lowest BCUT2D eigenvalue weighted by Gasteiger charge is -2.38. The molecule has 0 spiro atoms. The van der Waals surface area contributed by atoms with E-state index < -0.39 is 0 Å². The number of carbonyl (C=O) groups is 1. The normalized spacial score (nSPS) is 24.2. The molecule has 0 bridgehead atoms. The number of hydrogen-bond donors (Lipinski definition) is 2. The number of amides is 1. The molecule has 1 aromatic heterocycles. The molecule has 2 aliphatic heterocycles. The van der Waals surface area contributed by atoms with Gasteiger partial charge in [-0.25, -0.2) is 0 Å². The third-order valence-electron chi connectivity index (χ3n) is 6.02. The van der Waals surface area contributed by atoms with Gasteiger partial charge in [-0.2, -0.15) is 5.10 Å². The van der Waals surface area contributed by atoms with Crippen molar-refractivity contribution in [1.82, 2.24) is 25.3 Å². The molecule has 2 aliphatic rings. The first-order chi connectivity index (χ1) is 13.7. The Hall–Kier alpha value is -2.18. The summed E-state index contributed by atoms with van der Waals surface area (Å²) in [5.41, 5.74) is 2.49. The number of piperidine rings is 2. The van der Waals surface area contributed by atoms with Gasteiger partial charge in [0.2, 0.25) is 5.91 Å². The fraction of sp³-hybridized carbons (Fsp3) is 0.545. The van der Waals surface area contributed by atoms with Gasteiger partial charge in [-0.15, -0.1) is 0 Å². The second-order valence-electron chi connectivity index (χ2n) is 8.02. The van der Waals surface area contributed by atoms with E-state index in [9.17, 15) is 4.79 Å². The van der Waals surface area contributed by atoms with Gasteiger partial charge in [0.1, 0.15) is 0 Å². The Balaban J connectivity index is 1.33. The zero-order chi connectivity index (χ0) is 19.3. The molecule has 1 amide bonds. The van der Waals surface area contributed by atoms with E-state index in [-0.39, 0.29) is 18.0 Å². The summed E-state index contributed by atoms with van der Waals surface area (Å²) in [6, 6.07) is 11.5. The lowest BCUT2D eigenvalue weighted by Crippen LogP contribution is -2.53. The molecule has 2 atom stereocenters. The van der Waals surface area contributed by atoms with E-state index in [4.69, 9.17) is 0 Å². The Kier molecular flexibility index (Phi) is 6.07. The molecule has 4 rings (SSSR count). The predicted molar refractivity (Wildman–Crippen MR) is 110 cm³/mol. The molecule has 28 heavy (non-hydrogen) atoms. The summed E-state index contributed by atoms with van der Waals surface area (Å²) in [6.45, 7) is 6.19. The Bertz CT molecular complexity index is 766. The molecule has 2 fully saturated rings. The summed E-state index contributed by atoms with van der Waals surface area (Å²) in [7, 11) is 0. The molecule has 0 radical (unpaired) electrons. The monoisotopic (exact) mass is 381 g/mol. The molecule has 0 saturated carbocycles. The Labute approximate surface area is 167 Å². The predicted octanol–water partition coefficient (Wildman–Crippen LogP) is 2.48. The number of rotatable bonds is 6. The Morgan fingerprint density at radius 2 is 1.96 bits per heavy atom. The molecule has 0 aliphatic carbocycles. The van der Waals surface area contributed by atoms with Crippen molar-refractivity contribution in [1.29, 1.82) is 0 Å². The maximum Gasteiger partial charge on any atom is 0.220 e. The number of aryl methyl sites for hydroxylation is 1. The van der Waals surface area contributed by atoms with Crippen LogP contribution in [0, 0.1) is 0 Å². The maximum absolute atomic E-state index is 12.0. The second-order valence-corrected chi connectivity index (χ2v) is 8.02. The van der Waals surface area contributed by atoms with Crippen LogP contribution in [-0.4, -0.2) is 45.8 Å². The van der Waals surface area contributed by atoms with Crippen LogP contribution in [0.25, 0.3) is 0 Å². The minimum absolute atomic E-state index is 0.0175. The summed E-state index contributed by atoms with van der Waals surface area (Å²) in [5, 5.41) is 11.4. The van der Waals surface area contributed by atoms with Crippen LogP contribution >= 0.6 is 0 Å². The molecular weight excluding hydrogens is 350 g/mol. The second kappa shape index (κ2) is 8.88. The maximum atomic E-state index is 12.0. The molecule has 2 N–H and O–H groups in total. The van der Waals surface area contributed by atoms with Crippen LogP contribution in [0.3, 0.4) is 0 Å². The minimum Gasteiger partial charge on any atom is -0.348 e. The van der Waals surface area contributed by atoms with Crippen molar-refractivity contribution in [3.8, 4) is 0 Å². The van der Waals surface area contributed by atoms with Crippen LogP contribution in [0.2, 0.25) is 0 Å². The first-order valence-corrected chi connectivity index (χ1v) is 10.6. The standard InChI is InChI=1S/C22H31N5O/c1-2-27-16-18(14-23-27)22-20(8-9-21(28)25-22)24-19-10-12-26(13-11-19)15-17-6-4-3-5-7-17/h3-7,14,16,19-20,22,24H,2,8-13,15H2,1H3,(H,25,28)/t20-,22+/m1/s1. The molecule has 2 saturated heterocycles. The fourth-order valence-corrected chi connectivity index (χ4v) is 4.41. The van der Waals surface area contributed by atoms with Crippen LogP contribution in [0.4, 0.5) is 0 Å². The molecule has 3 heterocycles. The van der Waals surface area contributed by atoms with Crippen LogP contribution in [-0.2, 0) is 17.9 Å². The molecule has 2 aromatic rings. The van der Waals surface area contributed by atoms with Crippen molar-refractivity contribution in [2.24, 2.45) is 0 Å². The number of carbonyl (C=O) groups excluding carboxylic acids is 1. The van der Waals surface area contributed by atoms with Gasteiger partial charge in [0.05, 0.1) is 12.2 Å². The number of hydrogen-bond acceptors (Lipinski definition) is 4. The van der Waals surface area contributed by atoms with Gasteiger partial charge < -0.3 is 10.6 Å². The van der Waals surface area contributed by atoms with Gasteiger partial charge in [-0.3, -0.25) is 14.4 Å². The van der Waals surface area contributed by atoms with Crippen LogP contribution in [0.15, 0.2) is 42.7 Å². The van der Waals surface area contributed by atoms with Crippen LogP contribution in [0.1, 0.15) is 49.8 Å². The molecule has 0 unspecified atom stereocenters.